The molecule has 13 heavy (non-hydrogen) atoms. The molecule has 4 heteroatoms. The van der Waals surface area contributed by atoms with Crippen LogP contribution in [0.5, 0.6) is 0 Å². The Hall–Kier alpha value is -0.830. The van der Waals surface area contributed by atoms with Gasteiger partial charge < -0.3 is 4.74 Å². The number of alkyl halides is 1. The smallest absolute Gasteiger partial charge is 0.336 e. The highest BCUT2D eigenvalue weighted by atomic mass is 35.5. The highest BCUT2D eigenvalue weighted by molar-refractivity contribution is 6.38. The number of carbonyl (C=O) groups is 2. The molecular formula is C9H7ClO3. The number of fused-ring (bicyclic) bond motifs is 5. The van der Waals surface area contributed by atoms with E-state index >= 15 is 0 Å². The van der Waals surface area contributed by atoms with Gasteiger partial charge >= 0.3 is 11.9 Å². The number of hydrogen-bond donors (Lipinski definition) is 0. The average molecular weight is 199 g/mol. The fraction of sp³-hybridized carbons (Fsp3) is 0.556. The molecule has 2 bridgehead atoms. The van der Waals surface area contributed by atoms with Gasteiger partial charge in [-0.25, -0.2) is 4.79 Å². The molecule has 0 radical (unpaired) electrons. The minimum Gasteiger partial charge on any atom is -0.392 e. The lowest BCUT2D eigenvalue weighted by molar-refractivity contribution is -0.154. The van der Waals surface area contributed by atoms with Crippen LogP contribution in [-0.4, -0.2) is 16.8 Å². The van der Waals surface area contributed by atoms with Crippen molar-refractivity contribution in [2.24, 2.45) is 17.8 Å². The van der Waals surface area contributed by atoms with E-state index in [0.29, 0.717) is 0 Å². The Balaban J connectivity index is 2.17. The summed E-state index contributed by atoms with van der Waals surface area (Å²) in [5.41, 5.74) is 0. The van der Waals surface area contributed by atoms with E-state index in [2.05, 4.69) is 4.74 Å². The number of cyclic esters (lactones) is 2. The van der Waals surface area contributed by atoms with Gasteiger partial charge in [0.25, 0.3) is 0 Å². The number of esters is 2. The molecule has 68 valence electrons. The predicted octanol–water partition coefficient (Wildman–Crippen LogP) is 0.869. The van der Waals surface area contributed by atoms with Crippen LogP contribution in [0.2, 0.25) is 0 Å². The van der Waals surface area contributed by atoms with Crippen LogP contribution < -0.4 is 0 Å². The standard InChI is InChI=1S/C9H7ClO3/c10-9-5-2-1-4(3-5)6(9)7(11)13-8(9)12/h1-2,4-6H,3H2/t4-,5-,6-,9-/m0/s1. The van der Waals surface area contributed by atoms with Gasteiger partial charge in [-0.2, -0.15) is 0 Å². The van der Waals surface area contributed by atoms with Crippen molar-refractivity contribution in [3.8, 4) is 0 Å². The predicted molar refractivity (Wildman–Crippen MR) is 43.9 cm³/mol. The second-order valence-electron chi connectivity index (χ2n) is 3.85. The molecule has 0 unspecified atom stereocenters. The van der Waals surface area contributed by atoms with E-state index in [4.69, 9.17) is 11.6 Å². The molecule has 2 aliphatic carbocycles. The monoisotopic (exact) mass is 198 g/mol. The lowest BCUT2D eigenvalue weighted by Crippen LogP contribution is -2.39. The first-order valence-corrected chi connectivity index (χ1v) is 4.65. The van der Waals surface area contributed by atoms with E-state index in [9.17, 15) is 9.59 Å². The van der Waals surface area contributed by atoms with Crippen molar-refractivity contribution in [2.45, 2.75) is 11.3 Å². The average Bonchev–Trinajstić information content (AvgIpc) is 2.66. The van der Waals surface area contributed by atoms with Gasteiger partial charge in [0.15, 0.2) is 4.87 Å². The van der Waals surface area contributed by atoms with Crippen molar-refractivity contribution in [1.82, 2.24) is 0 Å². The van der Waals surface area contributed by atoms with E-state index in [1.807, 2.05) is 12.2 Å². The zero-order valence-electron chi connectivity index (χ0n) is 6.70. The summed E-state index contributed by atoms with van der Waals surface area (Å²) in [7, 11) is 0. The van der Waals surface area contributed by atoms with Crippen LogP contribution in [-0.2, 0) is 14.3 Å². The molecule has 3 nitrogen and oxygen atoms in total. The molecule has 0 spiro atoms. The normalized spacial score (nSPS) is 51.3. The van der Waals surface area contributed by atoms with Crippen LogP contribution >= 0.6 is 11.6 Å². The lowest BCUT2D eigenvalue weighted by Gasteiger charge is -2.22. The number of allylic oxidation sites excluding steroid dienone is 2. The lowest BCUT2D eigenvalue weighted by atomic mass is 9.84. The summed E-state index contributed by atoms with van der Waals surface area (Å²) in [5.74, 6) is -1.33. The van der Waals surface area contributed by atoms with E-state index in [1.165, 1.54) is 0 Å². The Morgan fingerprint density at radius 3 is 2.92 bits per heavy atom. The topological polar surface area (TPSA) is 43.4 Å². The van der Waals surface area contributed by atoms with Crippen molar-refractivity contribution in [2.75, 3.05) is 0 Å². The van der Waals surface area contributed by atoms with Crippen LogP contribution in [0.1, 0.15) is 6.42 Å². The Morgan fingerprint density at radius 2 is 2.23 bits per heavy atom. The first-order valence-electron chi connectivity index (χ1n) is 4.27. The number of rotatable bonds is 0. The van der Waals surface area contributed by atoms with Gasteiger partial charge in [0, 0.05) is 5.92 Å². The SMILES string of the molecule is O=C1OC(=O)[C@@]2(Cl)[C@H]1[C@H]1C=C[C@H]2C1. The minimum atomic E-state index is -1.07. The summed E-state index contributed by atoms with van der Waals surface area (Å²) in [6, 6.07) is 0. The summed E-state index contributed by atoms with van der Waals surface area (Å²) in [6.07, 6.45) is 4.71. The molecule has 1 saturated heterocycles. The van der Waals surface area contributed by atoms with Crippen LogP contribution in [0.15, 0.2) is 12.2 Å². The minimum absolute atomic E-state index is 0.0110. The molecule has 0 aromatic rings. The van der Waals surface area contributed by atoms with Crippen molar-refractivity contribution >= 4 is 23.5 Å². The zero-order valence-corrected chi connectivity index (χ0v) is 7.45. The summed E-state index contributed by atoms with van der Waals surface area (Å²) < 4.78 is 4.56. The molecule has 1 saturated carbocycles. The van der Waals surface area contributed by atoms with Crippen molar-refractivity contribution in [1.29, 1.82) is 0 Å². The van der Waals surface area contributed by atoms with E-state index in [1.54, 1.807) is 0 Å². The van der Waals surface area contributed by atoms with Crippen LogP contribution in [0.4, 0.5) is 0 Å². The van der Waals surface area contributed by atoms with E-state index in [-0.39, 0.29) is 11.8 Å². The third-order valence-electron chi connectivity index (χ3n) is 3.30. The fourth-order valence-corrected chi connectivity index (χ4v) is 3.14. The van der Waals surface area contributed by atoms with Crippen molar-refractivity contribution in [3.05, 3.63) is 12.2 Å². The molecule has 1 heterocycles. The number of hydrogen-bond acceptors (Lipinski definition) is 3. The molecule has 0 aromatic carbocycles. The largest absolute Gasteiger partial charge is 0.392 e. The summed E-state index contributed by atoms with van der Waals surface area (Å²) >= 11 is 6.16. The molecule has 0 aromatic heterocycles. The second kappa shape index (κ2) is 1.98. The zero-order chi connectivity index (χ0) is 9.22. The maximum absolute atomic E-state index is 11.4. The number of ether oxygens (including phenoxy) is 1. The third kappa shape index (κ3) is 0.645. The Bertz CT molecular complexity index is 349. The fourth-order valence-electron chi connectivity index (χ4n) is 2.69. The molecule has 4 atom stereocenters. The van der Waals surface area contributed by atoms with E-state index < -0.39 is 22.7 Å². The molecule has 3 aliphatic rings. The van der Waals surface area contributed by atoms with Gasteiger partial charge in [-0.15, -0.1) is 11.6 Å². The molecule has 0 amide bonds. The Labute approximate surface area is 79.7 Å². The van der Waals surface area contributed by atoms with Gasteiger partial charge in [0.05, 0.1) is 5.92 Å². The molecular weight excluding hydrogens is 192 g/mol. The summed E-state index contributed by atoms with van der Waals surface area (Å²) in [4.78, 5) is 21.6. The molecule has 3 rings (SSSR count). The second-order valence-corrected chi connectivity index (χ2v) is 4.47. The van der Waals surface area contributed by atoms with E-state index in [0.717, 1.165) is 6.42 Å². The Kier molecular flexibility index (Phi) is 1.15. The molecule has 1 aliphatic heterocycles. The highest BCUT2D eigenvalue weighted by Crippen LogP contribution is 2.57. The summed E-state index contributed by atoms with van der Waals surface area (Å²) in [5, 5.41) is 0. The van der Waals surface area contributed by atoms with Gasteiger partial charge in [0.1, 0.15) is 0 Å². The van der Waals surface area contributed by atoms with Crippen LogP contribution in [0.3, 0.4) is 0 Å². The Morgan fingerprint density at radius 1 is 1.46 bits per heavy atom. The van der Waals surface area contributed by atoms with Crippen LogP contribution in [0, 0.1) is 17.8 Å². The van der Waals surface area contributed by atoms with Gasteiger partial charge in [-0.3, -0.25) is 4.79 Å². The van der Waals surface area contributed by atoms with Crippen LogP contribution in [0.25, 0.3) is 0 Å². The highest BCUT2D eigenvalue weighted by Gasteiger charge is 2.68. The van der Waals surface area contributed by atoms with Crippen molar-refractivity contribution < 1.29 is 14.3 Å². The quantitative estimate of drug-likeness (QED) is 0.251. The number of carbonyl (C=O) groups excluding carboxylic acids is 2. The maximum atomic E-state index is 11.4. The molecule has 2 fully saturated rings. The first kappa shape index (κ1) is 7.56. The number of halogens is 1. The van der Waals surface area contributed by atoms with Gasteiger partial charge in [-0.05, 0) is 12.3 Å². The summed E-state index contributed by atoms with van der Waals surface area (Å²) in [6.45, 7) is 0. The van der Waals surface area contributed by atoms with Crippen molar-refractivity contribution in [3.63, 3.8) is 0 Å². The van der Waals surface area contributed by atoms with Gasteiger partial charge in [0.2, 0.25) is 0 Å². The first-order chi connectivity index (χ1) is 6.14. The van der Waals surface area contributed by atoms with Gasteiger partial charge in [-0.1, -0.05) is 12.2 Å². The maximum Gasteiger partial charge on any atom is 0.336 e. The third-order valence-corrected chi connectivity index (χ3v) is 3.97. The molecule has 0 N–H and O–H groups in total.